The van der Waals surface area contributed by atoms with E-state index in [4.69, 9.17) is 4.74 Å². The minimum absolute atomic E-state index is 0.00494. The van der Waals surface area contributed by atoms with Crippen LogP contribution in [-0.2, 0) is 14.3 Å². The fourth-order valence-electron chi connectivity index (χ4n) is 2.58. The Balaban J connectivity index is 1.87. The van der Waals surface area contributed by atoms with Gasteiger partial charge in [-0.1, -0.05) is 6.92 Å². The summed E-state index contributed by atoms with van der Waals surface area (Å²) in [6.07, 6.45) is 1.72. The topological polar surface area (TPSA) is 70.7 Å². The zero-order chi connectivity index (χ0) is 13.8. The van der Waals surface area contributed by atoms with Crippen molar-refractivity contribution in [2.75, 3.05) is 33.4 Å². The number of likely N-dealkylation sites (N-methyl/N-ethyl adjacent to an activating group) is 1. The van der Waals surface area contributed by atoms with Crippen molar-refractivity contribution in [2.45, 2.75) is 31.8 Å². The Morgan fingerprint density at radius 2 is 2.26 bits per heavy atom. The summed E-state index contributed by atoms with van der Waals surface area (Å²) in [5, 5.41) is 6.18. The standard InChI is InChI=1S/C13H23N3O3/c1-3-5-14-11-8-19-7-9(11)12(17)15-10-4-6-16(2)13(10)18/h9-11,14H,3-8H2,1-2H3,(H,15,17). The number of carbonyl (C=O) groups excluding carboxylic acids is 2. The molecular weight excluding hydrogens is 246 g/mol. The number of nitrogens with zero attached hydrogens (tertiary/aromatic N) is 1. The highest BCUT2D eigenvalue weighted by Crippen LogP contribution is 2.16. The third-order valence-corrected chi connectivity index (χ3v) is 3.82. The number of amides is 2. The van der Waals surface area contributed by atoms with E-state index in [1.165, 1.54) is 0 Å². The van der Waals surface area contributed by atoms with Gasteiger partial charge in [-0.05, 0) is 19.4 Å². The highest BCUT2D eigenvalue weighted by atomic mass is 16.5. The summed E-state index contributed by atoms with van der Waals surface area (Å²) in [5.41, 5.74) is 0. The highest BCUT2D eigenvalue weighted by molar-refractivity contribution is 5.90. The van der Waals surface area contributed by atoms with Crippen molar-refractivity contribution < 1.29 is 14.3 Å². The number of ether oxygens (including phenoxy) is 1. The Kier molecular flexibility index (Phi) is 4.76. The van der Waals surface area contributed by atoms with E-state index in [1.54, 1.807) is 11.9 Å². The van der Waals surface area contributed by atoms with Crippen molar-refractivity contribution >= 4 is 11.8 Å². The van der Waals surface area contributed by atoms with Gasteiger partial charge < -0.3 is 20.3 Å². The Morgan fingerprint density at radius 1 is 1.47 bits per heavy atom. The molecule has 0 aliphatic carbocycles. The van der Waals surface area contributed by atoms with Crippen LogP contribution in [0.3, 0.4) is 0 Å². The zero-order valence-corrected chi connectivity index (χ0v) is 11.6. The molecule has 0 spiro atoms. The van der Waals surface area contributed by atoms with Crippen LogP contribution in [0.4, 0.5) is 0 Å². The molecule has 2 aliphatic heterocycles. The van der Waals surface area contributed by atoms with Crippen LogP contribution in [0, 0.1) is 5.92 Å². The molecule has 2 amide bonds. The molecule has 19 heavy (non-hydrogen) atoms. The smallest absolute Gasteiger partial charge is 0.244 e. The molecule has 2 saturated heterocycles. The largest absolute Gasteiger partial charge is 0.379 e. The van der Waals surface area contributed by atoms with Gasteiger partial charge in [0.15, 0.2) is 0 Å². The van der Waals surface area contributed by atoms with E-state index in [9.17, 15) is 9.59 Å². The van der Waals surface area contributed by atoms with Gasteiger partial charge in [0.05, 0.1) is 19.1 Å². The number of nitrogens with one attached hydrogen (secondary N) is 2. The van der Waals surface area contributed by atoms with Crippen molar-refractivity contribution in [2.24, 2.45) is 5.92 Å². The fraction of sp³-hybridized carbons (Fsp3) is 0.846. The lowest BCUT2D eigenvalue weighted by Crippen LogP contribution is -2.48. The van der Waals surface area contributed by atoms with Gasteiger partial charge in [0.2, 0.25) is 11.8 Å². The number of likely N-dealkylation sites (tertiary alicyclic amines) is 1. The molecule has 2 aliphatic rings. The Morgan fingerprint density at radius 3 is 2.89 bits per heavy atom. The molecule has 3 atom stereocenters. The average Bonchev–Trinajstić information content (AvgIpc) is 2.98. The van der Waals surface area contributed by atoms with E-state index in [2.05, 4.69) is 17.6 Å². The summed E-state index contributed by atoms with van der Waals surface area (Å²) < 4.78 is 5.38. The normalized spacial score (nSPS) is 30.9. The maximum atomic E-state index is 12.2. The Bertz CT molecular complexity index is 348. The van der Waals surface area contributed by atoms with Crippen molar-refractivity contribution in [3.63, 3.8) is 0 Å². The van der Waals surface area contributed by atoms with E-state index in [-0.39, 0.29) is 29.8 Å². The van der Waals surface area contributed by atoms with Gasteiger partial charge >= 0.3 is 0 Å². The van der Waals surface area contributed by atoms with Gasteiger partial charge in [0.1, 0.15) is 6.04 Å². The van der Waals surface area contributed by atoms with Crippen LogP contribution >= 0.6 is 0 Å². The van der Waals surface area contributed by atoms with Crippen LogP contribution in [0.2, 0.25) is 0 Å². The third kappa shape index (κ3) is 3.25. The molecule has 2 fully saturated rings. The average molecular weight is 269 g/mol. The summed E-state index contributed by atoms with van der Waals surface area (Å²) in [6, 6.07) is -0.292. The van der Waals surface area contributed by atoms with E-state index < -0.39 is 0 Å². The molecule has 6 nitrogen and oxygen atoms in total. The maximum absolute atomic E-state index is 12.2. The van der Waals surface area contributed by atoms with Gasteiger partial charge in [-0.25, -0.2) is 0 Å². The number of rotatable bonds is 5. The predicted molar refractivity (Wildman–Crippen MR) is 70.6 cm³/mol. The second-order valence-corrected chi connectivity index (χ2v) is 5.31. The molecule has 0 aromatic carbocycles. The minimum Gasteiger partial charge on any atom is -0.379 e. The van der Waals surface area contributed by atoms with Crippen LogP contribution < -0.4 is 10.6 Å². The van der Waals surface area contributed by atoms with Gasteiger partial charge in [0, 0.05) is 19.6 Å². The van der Waals surface area contributed by atoms with Gasteiger partial charge in [-0.15, -0.1) is 0 Å². The molecule has 0 aromatic rings. The lowest BCUT2D eigenvalue weighted by Gasteiger charge is -2.20. The third-order valence-electron chi connectivity index (χ3n) is 3.82. The van der Waals surface area contributed by atoms with Crippen LogP contribution in [0.25, 0.3) is 0 Å². The first kappa shape index (κ1) is 14.3. The molecule has 0 bridgehead atoms. The number of carbonyl (C=O) groups is 2. The predicted octanol–water partition coefficient (Wildman–Crippen LogP) is -0.652. The van der Waals surface area contributed by atoms with Crippen LogP contribution in [0.5, 0.6) is 0 Å². The van der Waals surface area contributed by atoms with E-state index in [0.717, 1.165) is 13.0 Å². The monoisotopic (exact) mass is 269 g/mol. The van der Waals surface area contributed by atoms with Gasteiger partial charge in [0.25, 0.3) is 0 Å². The lowest BCUT2D eigenvalue weighted by molar-refractivity contribution is -0.133. The molecule has 0 radical (unpaired) electrons. The molecule has 3 unspecified atom stereocenters. The quantitative estimate of drug-likeness (QED) is 0.696. The van der Waals surface area contributed by atoms with Crippen molar-refractivity contribution in [3.8, 4) is 0 Å². The van der Waals surface area contributed by atoms with Gasteiger partial charge in [-0.2, -0.15) is 0 Å². The second kappa shape index (κ2) is 6.34. The second-order valence-electron chi connectivity index (χ2n) is 5.31. The minimum atomic E-state index is -0.357. The Hall–Kier alpha value is -1.14. The van der Waals surface area contributed by atoms with E-state index in [0.29, 0.717) is 26.2 Å². The summed E-state index contributed by atoms with van der Waals surface area (Å²) in [7, 11) is 1.76. The first-order valence-corrected chi connectivity index (χ1v) is 7.00. The molecule has 0 saturated carbocycles. The molecular formula is C13H23N3O3. The first-order chi connectivity index (χ1) is 9.13. The van der Waals surface area contributed by atoms with Crippen LogP contribution in [0.1, 0.15) is 19.8 Å². The van der Waals surface area contributed by atoms with E-state index in [1.807, 2.05) is 0 Å². The summed E-state index contributed by atoms with van der Waals surface area (Å²) in [4.78, 5) is 25.7. The summed E-state index contributed by atoms with van der Waals surface area (Å²) in [6.45, 7) is 4.68. The first-order valence-electron chi connectivity index (χ1n) is 7.00. The van der Waals surface area contributed by atoms with Crippen molar-refractivity contribution in [1.29, 1.82) is 0 Å². The van der Waals surface area contributed by atoms with Crippen molar-refractivity contribution in [1.82, 2.24) is 15.5 Å². The van der Waals surface area contributed by atoms with Gasteiger partial charge in [-0.3, -0.25) is 9.59 Å². The summed E-state index contributed by atoms with van der Waals surface area (Å²) >= 11 is 0. The Labute approximate surface area is 113 Å². The molecule has 0 aromatic heterocycles. The number of hydrogen-bond donors (Lipinski definition) is 2. The van der Waals surface area contributed by atoms with E-state index >= 15 is 0 Å². The van der Waals surface area contributed by atoms with Crippen LogP contribution in [0.15, 0.2) is 0 Å². The summed E-state index contributed by atoms with van der Waals surface area (Å²) in [5.74, 6) is -0.254. The molecule has 2 heterocycles. The van der Waals surface area contributed by atoms with Crippen molar-refractivity contribution in [3.05, 3.63) is 0 Å². The molecule has 2 N–H and O–H groups in total. The maximum Gasteiger partial charge on any atom is 0.244 e. The molecule has 6 heteroatoms. The van der Waals surface area contributed by atoms with Crippen LogP contribution in [-0.4, -0.2) is 62.1 Å². The molecule has 108 valence electrons. The number of hydrogen-bond acceptors (Lipinski definition) is 4. The fourth-order valence-corrected chi connectivity index (χ4v) is 2.58. The lowest BCUT2D eigenvalue weighted by atomic mass is 10.0. The SMILES string of the molecule is CCCNC1COCC1C(=O)NC1CCN(C)C1=O. The highest BCUT2D eigenvalue weighted by Gasteiger charge is 2.37. The molecule has 2 rings (SSSR count). The zero-order valence-electron chi connectivity index (χ0n) is 11.6.